The van der Waals surface area contributed by atoms with Crippen molar-refractivity contribution < 1.29 is 9.59 Å². The maximum Gasteiger partial charge on any atom is 0.234 e. The summed E-state index contributed by atoms with van der Waals surface area (Å²) in [6, 6.07) is 0.407. The summed E-state index contributed by atoms with van der Waals surface area (Å²) in [5.41, 5.74) is 0. The lowest BCUT2D eigenvalue weighted by Gasteiger charge is -2.35. The van der Waals surface area contributed by atoms with Crippen LogP contribution in [-0.2, 0) is 9.59 Å². The predicted octanol–water partition coefficient (Wildman–Crippen LogP) is 1.77. The molecule has 128 valence electrons. The number of carbonyl (C=O) groups is 2. The van der Waals surface area contributed by atoms with Crippen LogP contribution in [0.15, 0.2) is 0 Å². The molecule has 0 heterocycles. The van der Waals surface area contributed by atoms with Crippen LogP contribution in [0.4, 0.5) is 0 Å². The fourth-order valence-corrected chi connectivity index (χ4v) is 3.09. The van der Waals surface area contributed by atoms with E-state index in [2.05, 4.69) is 24.5 Å². The Hall–Kier alpha value is -1.10. The molecular formula is C17H33N3O2. The van der Waals surface area contributed by atoms with Crippen LogP contribution < -0.4 is 10.6 Å². The summed E-state index contributed by atoms with van der Waals surface area (Å²) < 4.78 is 0. The lowest BCUT2D eigenvalue weighted by atomic mass is 9.78. The van der Waals surface area contributed by atoms with E-state index in [1.807, 2.05) is 25.7 Å². The Labute approximate surface area is 135 Å². The first-order valence-electron chi connectivity index (χ1n) is 8.64. The normalized spacial score (nSPS) is 25.3. The van der Waals surface area contributed by atoms with Gasteiger partial charge in [-0.1, -0.05) is 33.6 Å². The van der Waals surface area contributed by atoms with Crippen molar-refractivity contribution in [2.75, 3.05) is 19.6 Å². The second-order valence-corrected chi connectivity index (χ2v) is 6.97. The minimum absolute atomic E-state index is 0.0238. The van der Waals surface area contributed by atoms with Crippen LogP contribution in [0, 0.1) is 11.8 Å². The van der Waals surface area contributed by atoms with Gasteiger partial charge in [-0.15, -0.1) is 0 Å². The van der Waals surface area contributed by atoms with Gasteiger partial charge < -0.3 is 10.6 Å². The largest absolute Gasteiger partial charge is 0.353 e. The molecule has 0 aromatic heterocycles. The highest BCUT2D eigenvalue weighted by molar-refractivity contribution is 5.81. The third kappa shape index (κ3) is 6.34. The molecule has 0 aromatic carbocycles. The van der Waals surface area contributed by atoms with Gasteiger partial charge in [0.25, 0.3) is 0 Å². The molecule has 0 aromatic rings. The van der Waals surface area contributed by atoms with Gasteiger partial charge in [0.05, 0.1) is 13.1 Å². The smallest absolute Gasteiger partial charge is 0.234 e. The quantitative estimate of drug-likeness (QED) is 0.753. The maximum atomic E-state index is 12.3. The van der Waals surface area contributed by atoms with Crippen molar-refractivity contribution in [3.8, 4) is 0 Å². The number of carbonyl (C=O) groups excluding carboxylic acids is 2. The van der Waals surface area contributed by atoms with Gasteiger partial charge in [0, 0.05) is 12.1 Å². The summed E-state index contributed by atoms with van der Waals surface area (Å²) in [5.74, 6) is 1.20. The molecule has 22 heavy (non-hydrogen) atoms. The van der Waals surface area contributed by atoms with Crippen molar-refractivity contribution in [3.63, 3.8) is 0 Å². The fourth-order valence-electron chi connectivity index (χ4n) is 3.09. The van der Waals surface area contributed by atoms with E-state index in [-0.39, 0.29) is 30.4 Å². The number of nitrogens with zero attached hydrogens (tertiary/aromatic N) is 1. The Morgan fingerprint density at radius 2 is 1.77 bits per heavy atom. The van der Waals surface area contributed by atoms with Crippen LogP contribution in [-0.4, -0.2) is 48.4 Å². The van der Waals surface area contributed by atoms with Gasteiger partial charge in [0.2, 0.25) is 11.8 Å². The van der Waals surface area contributed by atoms with E-state index in [1.165, 1.54) is 12.8 Å². The monoisotopic (exact) mass is 311 g/mol. The van der Waals surface area contributed by atoms with Gasteiger partial charge in [0.1, 0.15) is 0 Å². The zero-order valence-corrected chi connectivity index (χ0v) is 14.8. The molecule has 0 aliphatic heterocycles. The molecule has 2 N–H and O–H groups in total. The number of rotatable bonds is 7. The van der Waals surface area contributed by atoms with E-state index in [1.54, 1.807) is 0 Å². The molecule has 1 fully saturated rings. The summed E-state index contributed by atoms with van der Waals surface area (Å²) in [7, 11) is 0. The minimum atomic E-state index is -0.0238. The summed E-state index contributed by atoms with van der Waals surface area (Å²) in [6.07, 6.45) is 3.51. The SMILES string of the molecule is CCN(CC(=O)NC(C)C)CC(=O)N[C@@H]1CCC[C@@H](C)[C@@H]1C. The van der Waals surface area contributed by atoms with E-state index >= 15 is 0 Å². The van der Waals surface area contributed by atoms with Crippen LogP contribution in [0.1, 0.15) is 53.9 Å². The second-order valence-electron chi connectivity index (χ2n) is 6.97. The highest BCUT2D eigenvalue weighted by Gasteiger charge is 2.28. The Balaban J connectivity index is 2.42. The number of hydrogen-bond donors (Lipinski definition) is 2. The van der Waals surface area contributed by atoms with E-state index < -0.39 is 0 Å². The Morgan fingerprint density at radius 1 is 1.14 bits per heavy atom. The highest BCUT2D eigenvalue weighted by Crippen LogP contribution is 2.29. The average molecular weight is 311 g/mol. The number of likely N-dealkylation sites (N-methyl/N-ethyl adjacent to an activating group) is 1. The molecule has 5 nitrogen and oxygen atoms in total. The van der Waals surface area contributed by atoms with Crippen molar-refractivity contribution in [3.05, 3.63) is 0 Å². The molecule has 1 aliphatic rings. The van der Waals surface area contributed by atoms with E-state index in [0.29, 0.717) is 24.9 Å². The van der Waals surface area contributed by atoms with Crippen LogP contribution in [0.5, 0.6) is 0 Å². The zero-order chi connectivity index (χ0) is 16.7. The van der Waals surface area contributed by atoms with Crippen molar-refractivity contribution in [1.82, 2.24) is 15.5 Å². The van der Waals surface area contributed by atoms with E-state index in [0.717, 1.165) is 6.42 Å². The minimum Gasteiger partial charge on any atom is -0.353 e. The lowest BCUT2D eigenvalue weighted by Crippen LogP contribution is -2.49. The van der Waals surface area contributed by atoms with E-state index in [4.69, 9.17) is 0 Å². The Kier molecular flexibility index (Phi) is 7.87. The van der Waals surface area contributed by atoms with Gasteiger partial charge in [-0.25, -0.2) is 0 Å². The molecule has 0 unspecified atom stereocenters. The van der Waals surface area contributed by atoms with Crippen LogP contribution in [0.3, 0.4) is 0 Å². The molecule has 3 atom stereocenters. The van der Waals surface area contributed by atoms with Crippen LogP contribution in [0.2, 0.25) is 0 Å². The highest BCUT2D eigenvalue weighted by atomic mass is 16.2. The molecule has 1 aliphatic carbocycles. The van der Waals surface area contributed by atoms with Gasteiger partial charge in [-0.05, 0) is 38.6 Å². The average Bonchev–Trinajstić information content (AvgIpc) is 2.42. The molecule has 1 rings (SSSR count). The molecule has 0 bridgehead atoms. The van der Waals surface area contributed by atoms with Gasteiger partial charge in [0.15, 0.2) is 0 Å². The second kappa shape index (κ2) is 9.13. The third-order valence-corrected chi connectivity index (χ3v) is 4.68. The lowest BCUT2D eigenvalue weighted by molar-refractivity contribution is -0.126. The summed E-state index contributed by atoms with van der Waals surface area (Å²) >= 11 is 0. The number of amides is 2. The van der Waals surface area contributed by atoms with Crippen LogP contribution in [0.25, 0.3) is 0 Å². The first-order valence-corrected chi connectivity index (χ1v) is 8.64. The van der Waals surface area contributed by atoms with Gasteiger partial charge in [-0.2, -0.15) is 0 Å². The predicted molar refractivity (Wildman–Crippen MR) is 89.5 cm³/mol. The number of hydrogen-bond acceptors (Lipinski definition) is 3. The Morgan fingerprint density at radius 3 is 2.36 bits per heavy atom. The fraction of sp³-hybridized carbons (Fsp3) is 0.882. The standard InChI is InChI=1S/C17H33N3O2/c1-6-20(10-16(21)18-12(2)3)11-17(22)19-15-9-7-8-13(4)14(15)5/h12-15H,6-11H2,1-5H3,(H,18,21)(H,19,22)/t13-,14+,15-/m1/s1. The maximum absolute atomic E-state index is 12.3. The first kappa shape index (κ1) is 18.9. The summed E-state index contributed by atoms with van der Waals surface area (Å²) in [4.78, 5) is 25.9. The number of nitrogens with one attached hydrogen (secondary N) is 2. The molecule has 5 heteroatoms. The molecular weight excluding hydrogens is 278 g/mol. The molecule has 1 saturated carbocycles. The molecule has 2 amide bonds. The van der Waals surface area contributed by atoms with Gasteiger partial charge in [-0.3, -0.25) is 14.5 Å². The van der Waals surface area contributed by atoms with Crippen LogP contribution >= 0.6 is 0 Å². The van der Waals surface area contributed by atoms with Crippen molar-refractivity contribution >= 4 is 11.8 Å². The zero-order valence-electron chi connectivity index (χ0n) is 14.8. The topological polar surface area (TPSA) is 61.4 Å². The third-order valence-electron chi connectivity index (χ3n) is 4.68. The molecule has 0 saturated heterocycles. The Bertz CT molecular complexity index is 371. The molecule has 0 radical (unpaired) electrons. The van der Waals surface area contributed by atoms with Gasteiger partial charge >= 0.3 is 0 Å². The molecule has 0 spiro atoms. The first-order chi connectivity index (χ1) is 10.3. The summed E-state index contributed by atoms with van der Waals surface area (Å²) in [5, 5.41) is 6.03. The van der Waals surface area contributed by atoms with Crippen molar-refractivity contribution in [1.29, 1.82) is 0 Å². The van der Waals surface area contributed by atoms with Crippen molar-refractivity contribution in [2.24, 2.45) is 11.8 Å². The summed E-state index contributed by atoms with van der Waals surface area (Å²) in [6.45, 7) is 11.6. The van der Waals surface area contributed by atoms with Crippen molar-refractivity contribution in [2.45, 2.75) is 66.0 Å². The van der Waals surface area contributed by atoms with E-state index in [9.17, 15) is 9.59 Å².